The van der Waals surface area contributed by atoms with Crippen molar-refractivity contribution >= 4 is 12.6 Å². The quantitative estimate of drug-likeness (QED) is 0.686. The average Bonchev–Trinajstić information content (AvgIpc) is 2.89. The second-order valence-corrected chi connectivity index (χ2v) is 4.58. The molecule has 2 aromatic carbocycles. The minimum atomic E-state index is 0.958. The molecule has 0 aliphatic rings. The lowest BCUT2D eigenvalue weighted by molar-refractivity contribution is 0.881. The van der Waals surface area contributed by atoms with Crippen LogP contribution in [0.15, 0.2) is 71.9 Å². The second kappa shape index (κ2) is 4.70. The standard InChI is InChI=1S/C15H12N2S/c18-15-8-4-5-12(9-15)13-10-16-17(11-13)14-6-2-1-3-7-14/h1-11,18H. The molecule has 3 heteroatoms. The van der Waals surface area contributed by atoms with E-state index < -0.39 is 0 Å². The molecule has 0 unspecified atom stereocenters. The van der Waals surface area contributed by atoms with Crippen molar-refractivity contribution in [3.05, 3.63) is 67.0 Å². The van der Waals surface area contributed by atoms with Crippen molar-refractivity contribution in [3.63, 3.8) is 0 Å². The van der Waals surface area contributed by atoms with Crippen molar-refractivity contribution in [2.75, 3.05) is 0 Å². The van der Waals surface area contributed by atoms with E-state index in [4.69, 9.17) is 0 Å². The molecule has 0 bridgehead atoms. The van der Waals surface area contributed by atoms with Crippen molar-refractivity contribution in [1.82, 2.24) is 9.78 Å². The van der Waals surface area contributed by atoms with Crippen LogP contribution >= 0.6 is 12.6 Å². The topological polar surface area (TPSA) is 17.8 Å². The van der Waals surface area contributed by atoms with Crippen molar-refractivity contribution in [2.45, 2.75) is 4.90 Å². The molecule has 0 saturated heterocycles. The number of rotatable bonds is 2. The van der Waals surface area contributed by atoms with Gasteiger partial charge in [-0.25, -0.2) is 4.68 Å². The molecular weight excluding hydrogens is 240 g/mol. The van der Waals surface area contributed by atoms with Crippen molar-refractivity contribution in [3.8, 4) is 16.8 Å². The van der Waals surface area contributed by atoms with Crippen LogP contribution in [0.3, 0.4) is 0 Å². The molecule has 0 amide bonds. The molecule has 0 spiro atoms. The molecule has 1 aromatic heterocycles. The zero-order valence-corrected chi connectivity index (χ0v) is 10.6. The minimum absolute atomic E-state index is 0.958. The molecule has 0 aliphatic heterocycles. The van der Waals surface area contributed by atoms with Crippen LogP contribution in [0.5, 0.6) is 0 Å². The highest BCUT2D eigenvalue weighted by molar-refractivity contribution is 7.80. The average molecular weight is 252 g/mol. The predicted octanol–water partition coefficient (Wildman–Crippen LogP) is 3.83. The van der Waals surface area contributed by atoms with Crippen molar-refractivity contribution < 1.29 is 0 Å². The van der Waals surface area contributed by atoms with E-state index in [1.165, 1.54) is 0 Å². The number of hydrogen-bond donors (Lipinski definition) is 1. The molecule has 1 heterocycles. The van der Waals surface area contributed by atoms with Crippen LogP contribution < -0.4 is 0 Å². The van der Waals surface area contributed by atoms with Gasteiger partial charge in [0.15, 0.2) is 0 Å². The lowest BCUT2D eigenvalue weighted by Crippen LogP contribution is -1.92. The Morgan fingerprint density at radius 2 is 1.72 bits per heavy atom. The Labute approximate surface area is 111 Å². The zero-order valence-electron chi connectivity index (χ0n) is 9.69. The highest BCUT2D eigenvalue weighted by atomic mass is 32.1. The number of nitrogens with zero attached hydrogens (tertiary/aromatic N) is 2. The third-order valence-electron chi connectivity index (χ3n) is 2.78. The Morgan fingerprint density at radius 3 is 2.50 bits per heavy atom. The molecule has 2 nitrogen and oxygen atoms in total. The van der Waals surface area contributed by atoms with Gasteiger partial charge in [0.1, 0.15) is 0 Å². The second-order valence-electron chi connectivity index (χ2n) is 4.06. The van der Waals surface area contributed by atoms with E-state index in [1.807, 2.05) is 65.6 Å². The summed E-state index contributed by atoms with van der Waals surface area (Å²) in [4.78, 5) is 0.958. The largest absolute Gasteiger partial charge is 0.240 e. The van der Waals surface area contributed by atoms with Crippen LogP contribution in [0.1, 0.15) is 0 Å². The van der Waals surface area contributed by atoms with Gasteiger partial charge in [0.25, 0.3) is 0 Å². The highest BCUT2D eigenvalue weighted by Gasteiger charge is 2.03. The van der Waals surface area contributed by atoms with E-state index in [1.54, 1.807) is 0 Å². The molecule has 0 saturated carbocycles. The van der Waals surface area contributed by atoms with Crippen LogP contribution in [0.25, 0.3) is 16.8 Å². The Morgan fingerprint density at radius 1 is 0.889 bits per heavy atom. The molecule has 0 fully saturated rings. The van der Waals surface area contributed by atoms with Crippen molar-refractivity contribution in [2.24, 2.45) is 0 Å². The number of aromatic nitrogens is 2. The number of para-hydroxylation sites is 1. The van der Waals surface area contributed by atoms with Crippen LogP contribution in [0.4, 0.5) is 0 Å². The van der Waals surface area contributed by atoms with Gasteiger partial charge in [-0.2, -0.15) is 5.10 Å². The molecule has 0 radical (unpaired) electrons. The first-order chi connectivity index (χ1) is 8.83. The summed E-state index contributed by atoms with van der Waals surface area (Å²) >= 11 is 4.35. The summed E-state index contributed by atoms with van der Waals surface area (Å²) in [5, 5.41) is 4.38. The zero-order chi connectivity index (χ0) is 12.4. The Kier molecular flexibility index (Phi) is 2.90. The van der Waals surface area contributed by atoms with E-state index in [-0.39, 0.29) is 0 Å². The smallest absolute Gasteiger partial charge is 0.0645 e. The minimum Gasteiger partial charge on any atom is -0.240 e. The molecular formula is C15H12N2S. The molecule has 0 aliphatic carbocycles. The first-order valence-electron chi connectivity index (χ1n) is 5.72. The third-order valence-corrected chi connectivity index (χ3v) is 3.06. The van der Waals surface area contributed by atoms with E-state index in [0.717, 1.165) is 21.7 Å². The summed E-state index contributed by atoms with van der Waals surface area (Å²) in [6.07, 6.45) is 3.90. The lowest BCUT2D eigenvalue weighted by Gasteiger charge is -2.00. The summed E-state index contributed by atoms with van der Waals surface area (Å²) in [7, 11) is 0. The van der Waals surface area contributed by atoms with Gasteiger partial charge in [0.2, 0.25) is 0 Å². The SMILES string of the molecule is Sc1cccc(-c2cnn(-c3ccccc3)c2)c1. The maximum absolute atomic E-state index is 4.38. The van der Waals surface area contributed by atoms with Gasteiger partial charge >= 0.3 is 0 Å². The summed E-state index contributed by atoms with van der Waals surface area (Å²) < 4.78 is 1.88. The van der Waals surface area contributed by atoms with Gasteiger partial charge in [0.05, 0.1) is 11.9 Å². The third kappa shape index (κ3) is 2.17. The van der Waals surface area contributed by atoms with Crippen LogP contribution in [0.2, 0.25) is 0 Å². The Bertz CT molecular complexity index is 659. The molecule has 0 atom stereocenters. The first kappa shape index (κ1) is 11.1. The fraction of sp³-hybridized carbons (Fsp3) is 0. The number of benzene rings is 2. The lowest BCUT2D eigenvalue weighted by atomic mass is 10.1. The van der Waals surface area contributed by atoms with Crippen molar-refractivity contribution in [1.29, 1.82) is 0 Å². The number of thiol groups is 1. The number of hydrogen-bond acceptors (Lipinski definition) is 2. The fourth-order valence-electron chi connectivity index (χ4n) is 1.88. The van der Waals surface area contributed by atoms with Crippen LogP contribution in [-0.2, 0) is 0 Å². The van der Waals surface area contributed by atoms with E-state index in [2.05, 4.69) is 23.8 Å². The van der Waals surface area contributed by atoms with E-state index >= 15 is 0 Å². The first-order valence-corrected chi connectivity index (χ1v) is 6.17. The van der Waals surface area contributed by atoms with Gasteiger partial charge in [-0.15, -0.1) is 12.6 Å². The van der Waals surface area contributed by atoms with Gasteiger partial charge in [0, 0.05) is 16.7 Å². The maximum Gasteiger partial charge on any atom is 0.0645 e. The van der Waals surface area contributed by atoms with Gasteiger partial charge in [-0.05, 0) is 29.8 Å². The summed E-state index contributed by atoms with van der Waals surface area (Å²) in [6.45, 7) is 0. The Balaban J connectivity index is 2.00. The fourth-order valence-corrected chi connectivity index (χ4v) is 2.10. The molecule has 18 heavy (non-hydrogen) atoms. The predicted molar refractivity (Wildman–Crippen MR) is 76.3 cm³/mol. The van der Waals surface area contributed by atoms with Gasteiger partial charge in [-0.1, -0.05) is 30.3 Å². The summed E-state index contributed by atoms with van der Waals surface area (Å²) in [5.41, 5.74) is 3.28. The van der Waals surface area contributed by atoms with Crippen LogP contribution in [0, 0.1) is 0 Å². The molecule has 3 rings (SSSR count). The Hall–Kier alpha value is -2.00. The van der Waals surface area contributed by atoms with E-state index in [0.29, 0.717) is 0 Å². The normalized spacial score (nSPS) is 10.5. The molecule has 3 aromatic rings. The molecule has 0 N–H and O–H groups in total. The summed E-state index contributed by atoms with van der Waals surface area (Å²) in [5.74, 6) is 0. The van der Waals surface area contributed by atoms with E-state index in [9.17, 15) is 0 Å². The monoisotopic (exact) mass is 252 g/mol. The van der Waals surface area contributed by atoms with Gasteiger partial charge in [-0.3, -0.25) is 0 Å². The molecule has 88 valence electrons. The highest BCUT2D eigenvalue weighted by Crippen LogP contribution is 2.22. The van der Waals surface area contributed by atoms with Crippen LogP contribution in [-0.4, -0.2) is 9.78 Å². The maximum atomic E-state index is 4.38. The van der Waals surface area contributed by atoms with Gasteiger partial charge < -0.3 is 0 Å². The summed E-state index contributed by atoms with van der Waals surface area (Å²) in [6, 6.07) is 18.1.